The number of aromatic nitrogens is 1. The van der Waals surface area contributed by atoms with Crippen molar-refractivity contribution in [2.75, 3.05) is 0 Å². The first-order valence-electron chi connectivity index (χ1n) is 6.11. The lowest BCUT2D eigenvalue weighted by Crippen LogP contribution is -2.10. The monoisotopic (exact) mass is 281 g/mol. The molecule has 0 fully saturated rings. The molecule has 0 spiro atoms. The normalized spacial score (nSPS) is 14.8. The fraction of sp³-hybridized carbons (Fsp3) is 0.357. The Labute approximate surface area is 116 Å². The summed E-state index contributed by atoms with van der Waals surface area (Å²) in [5.41, 5.74) is 3.96. The third-order valence-corrected chi connectivity index (χ3v) is 4.40. The number of fused-ring (bicyclic) bond motifs is 2. The second-order valence-corrected chi connectivity index (χ2v) is 5.42. The number of hydrogen-bond acceptors (Lipinski definition) is 2. The Morgan fingerprint density at radius 3 is 2.72 bits per heavy atom. The third kappa shape index (κ3) is 1.80. The van der Waals surface area contributed by atoms with Crippen molar-refractivity contribution >= 4 is 34.1 Å². The standard InChI is InChI=1S/C14H13Cl2NO/c15-11-6-5-9-10(7-18)8-3-1-2-4-12(8)17-14(9)13(11)16/h5-6,18H,1-4,7H2. The summed E-state index contributed by atoms with van der Waals surface area (Å²) in [5.74, 6) is 0. The minimum absolute atomic E-state index is 0.0271. The summed E-state index contributed by atoms with van der Waals surface area (Å²) in [6, 6.07) is 3.67. The molecule has 1 aromatic carbocycles. The van der Waals surface area contributed by atoms with Crippen molar-refractivity contribution in [2.24, 2.45) is 0 Å². The summed E-state index contributed by atoms with van der Waals surface area (Å²) >= 11 is 12.3. The Kier molecular flexibility index (Phi) is 3.18. The topological polar surface area (TPSA) is 33.1 Å². The highest BCUT2D eigenvalue weighted by Gasteiger charge is 2.19. The molecule has 0 atom stereocenters. The number of aryl methyl sites for hydroxylation is 1. The van der Waals surface area contributed by atoms with E-state index < -0.39 is 0 Å². The average molecular weight is 282 g/mol. The molecule has 1 N–H and O–H groups in total. The highest BCUT2D eigenvalue weighted by molar-refractivity contribution is 6.45. The maximum atomic E-state index is 9.65. The minimum atomic E-state index is 0.0271. The molecule has 1 aliphatic carbocycles. The van der Waals surface area contributed by atoms with Crippen LogP contribution in [0.25, 0.3) is 10.9 Å². The predicted molar refractivity (Wildman–Crippen MR) is 74.3 cm³/mol. The van der Waals surface area contributed by atoms with Crippen LogP contribution in [-0.2, 0) is 19.4 Å². The molecule has 2 nitrogen and oxygen atoms in total. The van der Waals surface area contributed by atoms with Gasteiger partial charge in [0, 0.05) is 11.1 Å². The van der Waals surface area contributed by atoms with Crippen molar-refractivity contribution in [1.29, 1.82) is 0 Å². The SMILES string of the molecule is OCc1c2c(nc3c(Cl)c(Cl)ccc13)CCCC2. The number of pyridine rings is 1. The van der Waals surface area contributed by atoms with E-state index in [1.165, 1.54) is 5.56 Å². The highest BCUT2D eigenvalue weighted by atomic mass is 35.5. The van der Waals surface area contributed by atoms with Gasteiger partial charge in [-0.25, -0.2) is 0 Å². The average Bonchev–Trinajstić information content (AvgIpc) is 2.41. The molecule has 0 aliphatic heterocycles. The van der Waals surface area contributed by atoms with E-state index in [1.54, 1.807) is 6.07 Å². The van der Waals surface area contributed by atoms with Crippen LogP contribution >= 0.6 is 23.2 Å². The van der Waals surface area contributed by atoms with E-state index in [1.807, 2.05) is 6.07 Å². The second-order valence-electron chi connectivity index (χ2n) is 4.64. The molecular formula is C14H13Cl2NO. The summed E-state index contributed by atoms with van der Waals surface area (Å²) in [4.78, 5) is 4.66. The molecule has 1 aromatic heterocycles. The van der Waals surface area contributed by atoms with Gasteiger partial charge >= 0.3 is 0 Å². The number of rotatable bonds is 1. The number of benzene rings is 1. The van der Waals surface area contributed by atoms with Crippen LogP contribution in [0.15, 0.2) is 12.1 Å². The fourth-order valence-electron chi connectivity index (χ4n) is 2.71. The van der Waals surface area contributed by atoms with Gasteiger partial charge in [0.15, 0.2) is 0 Å². The third-order valence-electron chi connectivity index (χ3n) is 3.60. The summed E-state index contributed by atoms with van der Waals surface area (Å²) < 4.78 is 0. The molecule has 94 valence electrons. The molecule has 0 radical (unpaired) electrons. The maximum Gasteiger partial charge on any atom is 0.0910 e. The molecule has 0 saturated carbocycles. The van der Waals surface area contributed by atoms with Crippen molar-refractivity contribution in [1.82, 2.24) is 4.98 Å². The summed E-state index contributed by atoms with van der Waals surface area (Å²) in [6.07, 6.45) is 4.26. The van der Waals surface area contributed by atoms with Crippen LogP contribution in [-0.4, -0.2) is 10.1 Å². The Bertz CT molecular complexity index is 625. The van der Waals surface area contributed by atoms with E-state index in [0.29, 0.717) is 15.6 Å². The van der Waals surface area contributed by atoms with E-state index in [4.69, 9.17) is 23.2 Å². The molecule has 0 saturated heterocycles. The first kappa shape index (κ1) is 12.2. The molecule has 3 rings (SSSR count). The van der Waals surface area contributed by atoms with Crippen molar-refractivity contribution in [3.05, 3.63) is 39.0 Å². The van der Waals surface area contributed by atoms with E-state index >= 15 is 0 Å². The molecule has 1 heterocycles. The predicted octanol–water partition coefficient (Wildman–Crippen LogP) is 3.91. The van der Waals surface area contributed by atoms with Crippen LogP contribution in [0.1, 0.15) is 29.7 Å². The Hall–Kier alpha value is -0.830. The van der Waals surface area contributed by atoms with E-state index in [9.17, 15) is 5.11 Å². The van der Waals surface area contributed by atoms with Gasteiger partial charge in [-0.1, -0.05) is 29.3 Å². The Morgan fingerprint density at radius 1 is 1.17 bits per heavy atom. The lowest BCUT2D eigenvalue weighted by atomic mass is 9.90. The zero-order valence-electron chi connectivity index (χ0n) is 9.84. The van der Waals surface area contributed by atoms with Gasteiger partial charge in [0.05, 0.1) is 22.2 Å². The molecule has 0 amide bonds. The van der Waals surface area contributed by atoms with E-state index in [2.05, 4.69) is 4.98 Å². The number of halogens is 2. The minimum Gasteiger partial charge on any atom is -0.392 e. The first-order valence-corrected chi connectivity index (χ1v) is 6.87. The molecule has 4 heteroatoms. The van der Waals surface area contributed by atoms with Gasteiger partial charge in [-0.05, 0) is 42.9 Å². The summed E-state index contributed by atoms with van der Waals surface area (Å²) in [6.45, 7) is 0.0271. The molecule has 0 bridgehead atoms. The van der Waals surface area contributed by atoms with Gasteiger partial charge < -0.3 is 5.11 Å². The van der Waals surface area contributed by atoms with Crippen molar-refractivity contribution in [3.63, 3.8) is 0 Å². The number of aliphatic hydroxyl groups excluding tert-OH is 1. The van der Waals surface area contributed by atoms with Crippen LogP contribution in [0, 0.1) is 0 Å². The molecular weight excluding hydrogens is 269 g/mol. The number of nitrogens with zero attached hydrogens (tertiary/aromatic N) is 1. The zero-order chi connectivity index (χ0) is 12.7. The van der Waals surface area contributed by atoms with Crippen LogP contribution in [0.4, 0.5) is 0 Å². The van der Waals surface area contributed by atoms with Crippen molar-refractivity contribution < 1.29 is 5.11 Å². The molecule has 2 aromatic rings. The smallest absolute Gasteiger partial charge is 0.0910 e. The van der Waals surface area contributed by atoms with Crippen LogP contribution in [0.5, 0.6) is 0 Å². The van der Waals surface area contributed by atoms with Crippen molar-refractivity contribution in [3.8, 4) is 0 Å². The van der Waals surface area contributed by atoms with E-state index in [-0.39, 0.29) is 6.61 Å². The molecule has 0 unspecified atom stereocenters. The second kappa shape index (κ2) is 4.69. The lowest BCUT2D eigenvalue weighted by Gasteiger charge is -2.20. The van der Waals surface area contributed by atoms with Crippen LogP contribution < -0.4 is 0 Å². The first-order chi connectivity index (χ1) is 8.72. The van der Waals surface area contributed by atoms with Gasteiger partial charge in [0.2, 0.25) is 0 Å². The van der Waals surface area contributed by atoms with Crippen LogP contribution in [0.3, 0.4) is 0 Å². The van der Waals surface area contributed by atoms with Gasteiger partial charge in [0.1, 0.15) is 0 Å². The zero-order valence-corrected chi connectivity index (χ0v) is 11.4. The quantitative estimate of drug-likeness (QED) is 0.860. The van der Waals surface area contributed by atoms with Crippen molar-refractivity contribution in [2.45, 2.75) is 32.3 Å². The number of aliphatic hydroxyl groups is 1. The van der Waals surface area contributed by atoms with Gasteiger partial charge in [-0.3, -0.25) is 4.98 Å². The summed E-state index contributed by atoms with van der Waals surface area (Å²) in [5, 5.41) is 11.6. The largest absolute Gasteiger partial charge is 0.392 e. The maximum absolute atomic E-state index is 9.65. The highest BCUT2D eigenvalue weighted by Crippen LogP contribution is 2.35. The molecule has 1 aliphatic rings. The number of hydrogen-bond donors (Lipinski definition) is 1. The van der Waals surface area contributed by atoms with Gasteiger partial charge in [0.25, 0.3) is 0 Å². The Morgan fingerprint density at radius 2 is 1.94 bits per heavy atom. The fourth-order valence-corrected chi connectivity index (χ4v) is 3.07. The van der Waals surface area contributed by atoms with Crippen LogP contribution in [0.2, 0.25) is 10.0 Å². The molecule has 18 heavy (non-hydrogen) atoms. The van der Waals surface area contributed by atoms with Gasteiger partial charge in [-0.2, -0.15) is 0 Å². The summed E-state index contributed by atoms with van der Waals surface area (Å²) in [7, 11) is 0. The lowest BCUT2D eigenvalue weighted by molar-refractivity contribution is 0.281. The van der Waals surface area contributed by atoms with Gasteiger partial charge in [-0.15, -0.1) is 0 Å². The van der Waals surface area contributed by atoms with E-state index in [0.717, 1.165) is 42.3 Å². The Balaban J connectivity index is 2.40.